The summed E-state index contributed by atoms with van der Waals surface area (Å²) in [6, 6.07) is 11.1. The molecule has 0 bridgehead atoms. The van der Waals surface area contributed by atoms with Gasteiger partial charge in [0.25, 0.3) is 11.8 Å². The number of carbonyl (C=O) groups is 16. The van der Waals surface area contributed by atoms with Crippen LogP contribution in [-0.4, -0.2) is 280 Å². The zero-order valence-electron chi connectivity index (χ0n) is 70.6. The van der Waals surface area contributed by atoms with E-state index in [1.54, 1.807) is 141 Å². The molecule has 0 spiro atoms. The van der Waals surface area contributed by atoms with E-state index in [4.69, 9.17) is 15.2 Å². The summed E-state index contributed by atoms with van der Waals surface area (Å²) in [5.41, 5.74) is 5.07. The number of primary amides is 1. The minimum Gasteiger partial charge on any atom is -0.505 e. The molecule has 121 heavy (non-hydrogen) atoms. The highest BCUT2D eigenvalue weighted by molar-refractivity contribution is 6.04. The van der Waals surface area contributed by atoms with Crippen molar-refractivity contribution in [2.24, 2.45) is 23.5 Å². The molecule has 654 valence electrons. The summed E-state index contributed by atoms with van der Waals surface area (Å²) >= 11 is 0. The van der Waals surface area contributed by atoms with Gasteiger partial charge in [0.15, 0.2) is 17.1 Å². The van der Waals surface area contributed by atoms with Crippen LogP contribution in [0.25, 0.3) is 21.8 Å². The van der Waals surface area contributed by atoms with E-state index in [-0.39, 0.29) is 69.1 Å². The lowest BCUT2D eigenvalue weighted by Gasteiger charge is -2.37. The molecule has 13 N–H and O–H groups in total. The van der Waals surface area contributed by atoms with Crippen molar-refractivity contribution >= 4 is 122 Å². The maximum atomic E-state index is 15.4. The molecule has 8 atom stereocenters. The minimum atomic E-state index is -1.71. The van der Waals surface area contributed by atoms with Crippen LogP contribution in [0.5, 0.6) is 11.5 Å². The van der Waals surface area contributed by atoms with Gasteiger partial charge in [-0.2, -0.15) is 0 Å². The second-order valence-electron chi connectivity index (χ2n) is 32.4. The van der Waals surface area contributed by atoms with Crippen molar-refractivity contribution < 1.29 is 91.3 Å². The Hall–Kier alpha value is -12.8. The Morgan fingerprint density at radius 3 is 1.52 bits per heavy atom. The van der Waals surface area contributed by atoms with Gasteiger partial charge in [0.1, 0.15) is 66.3 Å². The maximum Gasteiger partial charge on any atom is 0.408 e. The van der Waals surface area contributed by atoms with E-state index < -0.39 is 217 Å². The number of nitrogens with two attached hydrogens (primary N) is 1. The lowest BCUT2D eigenvalue weighted by molar-refractivity contribution is -0.146. The highest BCUT2D eigenvalue weighted by atomic mass is 16.6. The molecular weight excluding hydrogens is 1570 g/mol. The van der Waals surface area contributed by atoms with Crippen molar-refractivity contribution in [3.8, 4) is 11.5 Å². The molecule has 2 aromatic heterocycles. The van der Waals surface area contributed by atoms with Crippen LogP contribution in [0.4, 0.5) is 15.3 Å². The van der Waals surface area contributed by atoms with Crippen LogP contribution in [0, 0.1) is 17.8 Å². The van der Waals surface area contributed by atoms with E-state index >= 15 is 9.59 Å². The first-order chi connectivity index (χ1) is 57.2. The highest BCUT2D eigenvalue weighted by Crippen LogP contribution is 2.28. The topological polar surface area (TPSA) is 503 Å². The molecule has 0 saturated carbocycles. The Bertz CT molecular complexity index is 4670. The molecule has 3 aliphatic rings. The van der Waals surface area contributed by atoms with E-state index in [9.17, 15) is 72.2 Å². The molecule has 3 saturated heterocycles. The third kappa shape index (κ3) is 25.9. The van der Waals surface area contributed by atoms with Gasteiger partial charge in [-0.1, -0.05) is 90.1 Å². The molecule has 3 fully saturated rings. The molecule has 0 aliphatic carbocycles. The molecule has 3 aromatic carbocycles. The van der Waals surface area contributed by atoms with Crippen molar-refractivity contribution in [3.63, 3.8) is 0 Å². The fourth-order valence-electron chi connectivity index (χ4n) is 14.3. The summed E-state index contributed by atoms with van der Waals surface area (Å²) in [6.07, 6.45) is 1.21. The number of para-hydroxylation sites is 2. The first-order valence-electron chi connectivity index (χ1n) is 40.4. The lowest BCUT2D eigenvalue weighted by atomic mass is 9.99. The quantitative estimate of drug-likeness (QED) is 0.0521. The number of aromatic nitrogens is 2. The first-order valence-corrected chi connectivity index (χ1v) is 40.4. The Labute approximate surface area is 701 Å². The Morgan fingerprint density at radius 1 is 0.579 bits per heavy atom. The highest BCUT2D eigenvalue weighted by Gasteiger charge is 2.42. The van der Waals surface area contributed by atoms with E-state index in [1.165, 1.54) is 44.1 Å². The number of piperidine rings is 2. The van der Waals surface area contributed by atoms with Gasteiger partial charge < -0.3 is 103 Å². The normalized spacial score (nSPS) is 20.4. The number of amides is 17. The molecule has 38 heteroatoms. The standard InChI is InChI=1S/C83H113N19O19/c1-46(2)66(96-82(119)121-83(7,8)9)74(111)93-55(27-22-34-85-81(84)118)71(108)90-52-32-30-49(31-33-52)45-120-61-38-51-24-15-17-26-54(51)92-68(61)76(113)95-57-40-87-78(115)70(48(5)6)100(13)65(107)44-98(11)62(104)41-88-72(109)58-28-18-20-35-101(58)79(116)56(94-75(112)67-60(103)37-50-23-14-16-25-53(50)91-67)39-86-77(114)69(47(3)4)99(12)64(106)43-97(10)63(105)42-89-73(110)59-29-19-21-36-102(59)80(57)117/h14-17,23-26,30-33,37-38,46-48,55-59,66,69-70,103H,18-22,27-29,34-36,39-45H2,1-13H3,(H,86,114)(H,87,115)(H,88,109)(H,89,110)(H,90,108)(H,93,111)(H,94,112)(H,95,113)(H,96,119)(H3,84,85,118)/t55-,56+,57+,58-,59-,66-,69-,70-/m0/s1. The van der Waals surface area contributed by atoms with Crippen molar-refractivity contribution in [2.45, 2.75) is 174 Å². The summed E-state index contributed by atoms with van der Waals surface area (Å²) in [5, 5.41) is 38.5. The van der Waals surface area contributed by atoms with E-state index in [1.807, 2.05) is 0 Å². The number of aromatic hydroxyl groups is 1. The van der Waals surface area contributed by atoms with Gasteiger partial charge >= 0.3 is 12.1 Å². The third-order valence-electron chi connectivity index (χ3n) is 20.9. The van der Waals surface area contributed by atoms with Crippen LogP contribution in [0.1, 0.15) is 140 Å². The van der Waals surface area contributed by atoms with E-state index in [2.05, 4.69) is 63.1 Å². The number of likely N-dealkylation sites (N-methyl/N-ethyl adjacent to an activating group) is 4. The first kappa shape index (κ1) is 93.7. The van der Waals surface area contributed by atoms with Crippen LogP contribution in [0.15, 0.2) is 84.9 Å². The van der Waals surface area contributed by atoms with Gasteiger partial charge in [-0.05, 0) is 132 Å². The number of rotatable bonds is 19. The molecule has 5 aromatic rings. The molecule has 17 amide bonds. The van der Waals surface area contributed by atoms with Gasteiger partial charge in [0.2, 0.25) is 70.9 Å². The number of anilines is 1. The van der Waals surface area contributed by atoms with E-state index in [0.717, 1.165) is 19.6 Å². The predicted octanol–water partition coefficient (Wildman–Crippen LogP) is 1.51. The van der Waals surface area contributed by atoms with Crippen molar-refractivity contribution in [2.75, 3.05) is 92.4 Å². The van der Waals surface area contributed by atoms with Crippen LogP contribution >= 0.6 is 0 Å². The summed E-state index contributed by atoms with van der Waals surface area (Å²) in [4.78, 5) is 242. The average Bonchev–Trinajstić information content (AvgIpc) is 0.798. The second-order valence-corrected chi connectivity index (χ2v) is 32.4. The number of pyridine rings is 2. The fourth-order valence-corrected chi connectivity index (χ4v) is 14.3. The number of hydrogen-bond donors (Lipinski definition) is 12. The Morgan fingerprint density at radius 2 is 1.05 bits per heavy atom. The molecule has 3 aliphatic heterocycles. The molecule has 0 unspecified atom stereocenters. The summed E-state index contributed by atoms with van der Waals surface area (Å²) in [5.74, 6) is -13.5. The predicted molar refractivity (Wildman–Crippen MR) is 443 cm³/mol. The number of nitrogens with zero attached hydrogens (tertiary/aromatic N) is 8. The molecule has 5 heterocycles. The minimum absolute atomic E-state index is 0.0194. The second kappa shape index (κ2) is 42.7. The summed E-state index contributed by atoms with van der Waals surface area (Å²) in [6.45, 7) is 10.9. The van der Waals surface area contributed by atoms with Gasteiger partial charge in [0.05, 0.1) is 37.2 Å². The van der Waals surface area contributed by atoms with Crippen molar-refractivity contribution in [1.29, 1.82) is 0 Å². The number of nitrogens with one attached hydrogen (secondary N) is 10. The van der Waals surface area contributed by atoms with Gasteiger partial charge in [-0.25, -0.2) is 19.6 Å². The Balaban J connectivity index is 1.05. The number of ether oxygens (including phenoxy) is 2. The SMILES string of the molecule is CC(C)[C@H](NC(=O)OC(C)(C)C)C(=O)N[C@@H](CCCNC(N)=O)C(=O)Nc1ccc(COc2cc3ccccc3nc2C(=O)N[C@@H]2CNC(=O)[C@H](C(C)C)N(C)C(=O)CN(C)C(=O)CNC(=O)[C@@H]3CCCCN3C(=O)[C@H](NC(=O)c3nc4ccccc4cc3O)CNC(=O)[C@H](C(C)C)N(C)C(=O)CN(C)C(=O)CNC(=O)[C@@H]3CCCCN3C2=O)cc1. The van der Waals surface area contributed by atoms with Gasteiger partial charge in [-0.15, -0.1) is 0 Å². The Kier molecular flexibility index (Phi) is 33.1. The number of fused-ring (bicyclic) bond motifs is 4. The van der Waals surface area contributed by atoms with Crippen LogP contribution < -0.4 is 63.6 Å². The number of carbonyl (C=O) groups excluding carboxylic acids is 16. The molecule has 8 rings (SSSR count). The summed E-state index contributed by atoms with van der Waals surface area (Å²) < 4.78 is 11.7. The molecule has 38 nitrogen and oxygen atoms in total. The van der Waals surface area contributed by atoms with Crippen LogP contribution in [-0.2, 0) is 68.9 Å². The number of benzene rings is 3. The van der Waals surface area contributed by atoms with Crippen LogP contribution in [0.2, 0.25) is 0 Å². The van der Waals surface area contributed by atoms with Gasteiger partial charge in [0, 0.05) is 77.4 Å². The monoisotopic (exact) mass is 1680 g/mol. The van der Waals surface area contributed by atoms with Crippen molar-refractivity contribution in [3.05, 3.63) is 102 Å². The summed E-state index contributed by atoms with van der Waals surface area (Å²) in [7, 11) is 5.24. The third-order valence-corrected chi connectivity index (χ3v) is 20.9. The van der Waals surface area contributed by atoms with Gasteiger partial charge in [-0.3, -0.25) is 67.1 Å². The van der Waals surface area contributed by atoms with Crippen molar-refractivity contribution in [1.82, 2.24) is 87.2 Å². The largest absolute Gasteiger partial charge is 0.505 e. The lowest BCUT2D eigenvalue weighted by Crippen LogP contribution is -2.61. The molecule has 0 radical (unpaired) electrons. The zero-order valence-corrected chi connectivity index (χ0v) is 70.6. The maximum absolute atomic E-state index is 15.4. The number of hydrogen-bond acceptors (Lipinski definition) is 21. The number of urea groups is 1. The van der Waals surface area contributed by atoms with Crippen LogP contribution in [0.3, 0.4) is 0 Å². The van der Waals surface area contributed by atoms with E-state index in [0.29, 0.717) is 53.1 Å². The smallest absolute Gasteiger partial charge is 0.408 e. The zero-order chi connectivity index (χ0) is 88.9. The average molecular weight is 1680 g/mol. The molecular formula is C83H113N19O19. The fraction of sp³-hybridized carbons (Fsp3) is 0.518. The number of alkyl carbamates (subject to hydrolysis) is 1.